The lowest BCUT2D eigenvalue weighted by Crippen LogP contribution is -2.22. The number of aliphatic carboxylic acids is 1. The maximum Gasteiger partial charge on any atom is 0.310 e. The lowest BCUT2D eigenvalue weighted by Gasteiger charge is -2.03. The molecular formula is C6H11NO4. The average Bonchev–Trinajstić information content (AvgIpc) is 1.86. The van der Waals surface area contributed by atoms with Crippen LogP contribution in [-0.2, 0) is 4.79 Å². The largest absolute Gasteiger partial charge is 0.481 e. The first kappa shape index (κ1) is 9.87. The van der Waals surface area contributed by atoms with Crippen molar-refractivity contribution in [3.8, 4) is 0 Å². The van der Waals surface area contributed by atoms with Crippen LogP contribution in [0.3, 0.4) is 0 Å². The van der Waals surface area contributed by atoms with Crippen molar-refractivity contribution < 1.29 is 14.8 Å². The summed E-state index contributed by atoms with van der Waals surface area (Å²) in [6.07, 6.45) is 0.596. The first-order valence-corrected chi connectivity index (χ1v) is 3.43. The zero-order valence-corrected chi connectivity index (χ0v) is 6.32. The van der Waals surface area contributed by atoms with Gasteiger partial charge in [-0.2, -0.15) is 0 Å². The number of hydrogen-bond donors (Lipinski definition) is 1. The van der Waals surface area contributed by atoms with Gasteiger partial charge in [0.2, 0.25) is 6.04 Å². The zero-order chi connectivity index (χ0) is 8.85. The fraction of sp³-hybridized carbons (Fsp3) is 0.833. The Morgan fingerprint density at radius 1 is 1.73 bits per heavy atom. The summed E-state index contributed by atoms with van der Waals surface area (Å²) >= 11 is 0. The quantitative estimate of drug-likeness (QED) is 0.480. The van der Waals surface area contributed by atoms with Gasteiger partial charge in [0.05, 0.1) is 0 Å². The lowest BCUT2D eigenvalue weighted by atomic mass is 10.1. The first-order chi connectivity index (χ1) is 5.07. The molecule has 0 radical (unpaired) electrons. The highest BCUT2D eigenvalue weighted by Crippen LogP contribution is 2.05. The topological polar surface area (TPSA) is 80.4 Å². The van der Waals surface area contributed by atoms with Crippen molar-refractivity contribution in [3.05, 3.63) is 10.1 Å². The van der Waals surface area contributed by atoms with Crippen LogP contribution in [0.5, 0.6) is 0 Å². The van der Waals surface area contributed by atoms with E-state index in [9.17, 15) is 14.9 Å². The minimum Gasteiger partial charge on any atom is -0.481 e. The molecule has 0 aliphatic rings. The van der Waals surface area contributed by atoms with Crippen LogP contribution < -0.4 is 0 Å². The van der Waals surface area contributed by atoms with E-state index in [2.05, 4.69) is 0 Å². The van der Waals surface area contributed by atoms with Crippen molar-refractivity contribution in [1.82, 2.24) is 0 Å². The van der Waals surface area contributed by atoms with Gasteiger partial charge < -0.3 is 5.11 Å². The maximum atomic E-state index is 10.2. The molecule has 0 bridgehead atoms. The van der Waals surface area contributed by atoms with Crippen molar-refractivity contribution in [2.24, 2.45) is 0 Å². The van der Waals surface area contributed by atoms with Gasteiger partial charge in [0, 0.05) is 11.3 Å². The maximum absolute atomic E-state index is 10.2. The van der Waals surface area contributed by atoms with Gasteiger partial charge in [-0.05, 0) is 6.42 Å². The van der Waals surface area contributed by atoms with Gasteiger partial charge in [0.15, 0.2) is 0 Å². The van der Waals surface area contributed by atoms with E-state index in [1.165, 1.54) is 0 Å². The molecule has 5 nitrogen and oxygen atoms in total. The molecule has 0 rings (SSSR count). The number of nitro groups is 1. The molecule has 0 saturated carbocycles. The summed E-state index contributed by atoms with van der Waals surface area (Å²) in [7, 11) is 0. The Kier molecular flexibility index (Phi) is 4.17. The monoisotopic (exact) mass is 161 g/mol. The fourth-order valence-electron chi connectivity index (χ4n) is 0.817. The minimum absolute atomic E-state index is 0.333. The second-order valence-corrected chi connectivity index (χ2v) is 2.33. The summed E-state index contributed by atoms with van der Waals surface area (Å²) in [5.74, 6) is -1.11. The summed E-state index contributed by atoms with van der Waals surface area (Å²) in [5, 5.41) is 18.4. The number of carboxylic acid groups (broad SMARTS) is 1. The molecule has 5 heteroatoms. The number of rotatable bonds is 5. The van der Waals surface area contributed by atoms with Gasteiger partial charge in [0.1, 0.15) is 6.42 Å². The van der Waals surface area contributed by atoms with E-state index in [0.29, 0.717) is 12.8 Å². The molecule has 0 aromatic carbocycles. The van der Waals surface area contributed by atoms with Gasteiger partial charge in [-0.3, -0.25) is 14.9 Å². The first-order valence-electron chi connectivity index (χ1n) is 3.43. The number of carbonyl (C=O) groups is 1. The molecule has 0 aliphatic carbocycles. The fourth-order valence-corrected chi connectivity index (χ4v) is 0.817. The Labute approximate surface area is 64.2 Å². The molecule has 1 N–H and O–H groups in total. The third kappa shape index (κ3) is 4.30. The SMILES string of the molecule is CCCC(CC(=O)O)[N+](=O)[O-]. The highest BCUT2D eigenvalue weighted by molar-refractivity contribution is 5.67. The van der Waals surface area contributed by atoms with Crippen LogP contribution in [0.15, 0.2) is 0 Å². The normalized spacial score (nSPS) is 12.5. The molecule has 0 aromatic rings. The van der Waals surface area contributed by atoms with Crippen molar-refractivity contribution >= 4 is 5.97 Å². The summed E-state index contributed by atoms with van der Waals surface area (Å²) in [4.78, 5) is 19.7. The third-order valence-electron chi connectivity index (χ3n) is 1.33. The molecule has 1 unspecified atom stereocenters. The van der Waals surface area contributed by atoms with Crippen molar-refractivity contribution in [2.75, 3.05) is 0 Å². The Morgan fingerprint density at radius 2 is 2.27 bits per heavy atom. The second kappa shape index (κ2) is 4.65. The van der Waals surface area contributed by atoms with Crippen molar-refractivity contribution in [2.45, 2.75) is 32.2 Å². The average molecular weight is 161 g/mol. The molecule has 0 fully saturated rings. The highest BCUT2D eigenvalue weighted by atomic mass is 16.6. The van der Waals surface area contributed by atoms with Gasteiger partial charge in [-0.25, -0.2) is 0 Å². The van der Waals surface area contributed by atoms with E-state index in [-0.39, 0.29) is 6.42 Å². The Bertz CT molecular complexity index is 157. The molecule has 0 aromatic heterocycles. The van der Waals surface area contributed by atoms with E-state index in [0.717, 1.165) is 0 Å². The predicted octanol–water partition coefficient (Wildman–Crippen LogP) is 0.906. The lowest BCUT2D eigenvalue weighted by molar-refractivity contribution is -0.522. The van der Waals surface area contributed by atoms with E-state index in [4.69, 9.17) is 5.11 Å². The molecule has 11 heavy (non-hydrogen) atoms. The Balaban J connectivity index is 3.89. The van der Waals surface area contributed by atoms with Crippen LogP contribution in [0.4, 0.5) is 0 Å². The zero-order valence-electron chi connectivity index (χ0n) is 6.32. The van der Waals surface area contributed by atoms with E-state index in [1.807, 2.05) is 0 Å². The van der Waals surface area contributed by atoms with E-state index >= 15 is 0 Å². The smallest absolute Gasteiger partial charge is 0.310 e. The molecule has 0 amide bonds. The second-order valence-electron chi connectivity index (χ2n) is 2.33. The number of carboxylic acids is 1. The van der Waals surface area contributed by atoms with Crippen LogP contribution in [0, 0.1) is 10.1 Å². The molecule has 64 valence electrons. The number of nitrogens with zero attached hydrogens (tertiary/aromatic N) is 1. The number of hydrogen-bond acceptors (Lipinski definition) is 3. The van der Waals surface area contributed by atoms with Gasteiger partial charge in [-0.1, -0.05) is 6.92 Å². The van der Waals surface area contributed by atoms with Gasteiger partial charge in [-0.15, -0.1) is 0 Å². The summed E-state index contributed by atoms with van der Waals surface area (Å²) in [6.45, 7) is 1.79. The predicted molar refractivity (Wildman–Crippen MR) is 37.9 cm³/mol. The minimum atomic E-state index is -1.11. The Hall–Kier alpha value is -1.13. The van der Waals surface area contributed by atoms with E-state index in [1.54, 1.807) is 6.92 Å². The van der Waals surface area contributed by atoms with Crippen molar-refractivity contribution in [1.29, 1.82) is 0 Å². The standard InChI is InChI=1S/C6H11NO4/c1-2-3-5(7(10)11)4-6(8)9/h5H,2-4H2,1H3,(H,8,9). The Morgan fingerprint density at radius 3 is 2.55 bits per heavy atom. The van der Waals surface area contributed by atoms with Gasteiger partial charge in [0.25, 0.3) is 0 Å². The van der Waals surface area contributed by atoms with Crippen LogP contribution in [0.25, 0.3) is 0 Å². The third-order valence-corrected chi connectivity index (χ3v) is 1.33. The molecule has 0 heterocycles. The van der Waals surface area contributed by atoms with Crippen LogP contribution in [-0.4, -0.2) is 22.0 Å². The van der Waals surface area contributed by atoms with Crippen molar-refractivity contribution in [3.63, 3.8) is 0 Å². The van der Waals surface area contributed by atoms with E-state index < -0.39 is 16.9 Å². The highest BCUT2D eigenvalue weighted by Gasteiger charge is 2.21. The van der Waals surface area contributed by atoms with Crippen LogP contribution in [0.2, 0.25) is 0 Å². The van der Waals surface area contributed by atoms with Gasteiger partial charge >= 0.3 is 5.97 Å². The van der Waals surface area contributed by atoms with Crippen LogP contribution >= 0.6 is 0 Å². The molecule has 0 spiro atoms. The molecule has 0 aliphatic heterocycles. The summed E-state index contributed by atoms with van der Waals surface area (Å²) in [5.41, 5.74) is 0. The molecule has 1 atom stereocenters. The summed E-state index contributed by atoms with van der Waals surface area (Å²) < 4.78 is 0. The summed E-state index contributed by atoms with van der Waals surface area (Å²) in [6, 6.07) is -0.919. The molecular weight excluding hydrogens is 150 g/mol. The molecule has 0 saturated heterocycles. The van der Waals surface area contributed by atoms with Crippen LogP contribution in [0.1, 0.15) is 26.2 Å².